The van der Waals surface area contributed by atoms with Crippen molar-refractivity contribution in [2.24, 2.45) is 0 Å². The lowest BCUT2D eigenvalue weighted by molar-refractivity contribution is 0.618. The van der Waals surface area contributed by atoms with E-state index in [0.717, 1.165) is 22.5 Å². The number of thioether (sulfide) groups is 1. The summed E-state index contributed by atoms with van der Waals surface area (Å²) in [6, 6.07) is 19.1. The highest BCUT2D eigenvalue weighted by molar-refractivity contribution is 7.98. The van der Waals surface area contributed by atoms with E-state index < -0.39 is 5.82 Å². The molecule has 0 saturated carbocycles. The zero-order valence-electron chi connectivity index (χ0n) is 20.8. The average Bonchev–Trinajstić information content (AvgIpc) is 3.25. The van der Waals surface area contributed by atoms with E-state index in [1.807, 2.05) is 44.2 Å². The Balaban J connectivity index is 1.55. The molecular formula is C28H20FN5O2S3. The molecule has 7 nitrogen and oxygen atoms in total. The van der Waals surface area contributed by atoms with Gasteiger partial charge < -0.3 is 0 Å². The van der Waals surface area contributed by atoms with Gasteiger partial charge >= 0.3 is 0 Å². The Bertz CT molecular complexity index is 2080. The van der Waals surface area contributed by atoms with Gasteiger partial charge in [-0.15, -0.1) is 0 Å². The lowest BCUT2D eigenvalue weighted by Gasteiger charge is -2.13. The van der Waals surface area contributed by atoms with Gasteiger partial charge in [0.2, 0.25) is 0 Å². The number of nitrogens with zero attached hydrogens (tertiary/aromatic N) is 5. The molecule has 4 heterocycles. The maximum Gasteiger partial charge on any atom is 0.278 e. The number of hydrogen-bond donors (Lipinski definition) is 0. The largest absolute Gasteiger partial charge is 0.278 e. The van der Waals surface area contributed by atoms with E-state index in [0.29, 0.717) is 30.8 Å². The van der Waals surface area contributed by atoms with Gasteiger partial charge in [0.1, 0.15) is 16.2 Å². The molecule has 0 spiro atoms. The lowest BCUT2D eigenvalue weighted by atomic mass is 10.2. The van der Waals surface area contributed by atoms with Gasteiger partial charge in [-0.05, 0) is 68.0 Å². The van der Waals surface area contributed by atoms with Crippen LogP contribution in [0.4, 0.5) is 4.39 Å². The topological polar surface area (TPSA) is 74.2 Å². The molecule has 0 fully saturated rings. The summed E-state index contributed by atoms with van der Waals surface area (Å²) in [5.74, 6) is -0.176. The summed E-state index contributed by atoms with van der Waals surface area (Å²) in [6.45, 7) is 3.83. The highest BCUT2D eigenvalue weighted by Gasteiger charge is 2.21. The summed E-state index contributed by atoms with van der Waals surface area (Å²) in [7, 11) is 0. The summed E-state index contributed by atoms with van der Waals surface area (Å²) in [6.07, 6.45) is 1.66. The molecule has 0 aliphatic heterocycles. The second-order valence-electron chi connectivity index (χ2n) is 8.98. The fourth-order valence-electron chi connectivity index (χ4n) is 4.28. The number of aromatic nitrogens is 5. The minimum absolute atomic E-state index is 0.197. The van der Waals surface area contributed by atoms with Crippen LogP contribution in [0.5, 0.6) is 0 Å². The smallest absolute Gasteiger partial charge is 0.272 e. The normalized spacial score (nSPS) is 11.5. The molecule has 11 heteroatoms. The van der Waals surface area contributed by atoms with Crippen LogP contribution < -0.4 is 11.1 Å². The highest BCUT2D eigenvalue weighted by atomic mass is 32.2. The van der Waals surface area contributed by atoms with Crippen molar-refractivity contribution in [1.29, 1.82) is 0 Å². The molecule has 4 aromatic heterocycles. The van der Waals surface area contributed by atoms with Gasteiger partial charge in [0.25, 0.3) is 11.1 Å². The van der Waals surface area contributed by atoms with Crippen LogP contribution in [-0.4, -0.2) is 23.5 Å². The maximum absolute atomic E-state index is 14.9. The van der Waals surface area contributed by atoms with E-state index >= 15 is 0 Å². The Morgan fingerprint density at radius 1 is 0.949 bits per heavy atom. The van der Waals surface area contributed by atoms with Crippen molar-refractivity contribution in [3.8, 4) is 11.4 Å². The molecule has 0 aliphatic rings. The number of halogens is 1. The van der Waals surface area contributed by atoms with Gasteiger partial charge in [0.05, 0.1) is 17.1 Å². The number of aryl methyl sites for hydroxylation is 2. The Kier molecular flexibility index (Phi) is 6.49. The zero-order valence-corrected chi connectivity index (χ0v) is 23.2. The quantitative estimate of drug-likeness (QED) is 0.143. The first-order valence-electron chi connectivity index (χ1n) is 11.9. The maximum atomic E-state index is 14.9. The predicted molar refractivity (Wildman–Crippen MR) is 156 cm³/mol. The summed E-state index contributed by atoms with van der Waals surface area (Å²) < 4.78 is 20.1. The third-order valence-corrected chi connectivity index (χ3v) is 8.51. The van der Waals surface area contributed by atoms with Crippen molar-refractivity contribution in [2.75, 3.05) is 0 Å². The van der Waals surface area contributed by atoms with E-state index in [9.17, 15) is 14.0 Å². The van der Waals surface area contributed by atoms with Crippen molar-refractivity contribution < 1.29 is 4.39 Å². The van der Waals surface area contributed by atoms with Gasteiger partial charge in [-0.2, -0.15) is 0 Å². The molecular weight excluding hydrogens is 554 g/mol. The fraction of sp³-hybridized carbons (Fsp3) is 0.107. The van der Waals surface area contributed by atoms with Crippen molar-refractivity contribution in [3.05, 3.63) is 120 Å². The molecule has 39 heavy (non-hydrogen) atoms. The van der Waals surface area contributed by atoms with E-state index in [4.69, 9.17) is 17.2 Å². The van der Waals surface area contributed by atoms with Crippen molar-refractivity contribution in [1.82, 2.24) is 23.5 Å². The van der Waals surface area contributed by atoms with Crippen molar-refractivity contribution >= 4 is 51.3 Å². The van der Waals surface area contributed by atoms with Crippen LogP contribution in [0.25, 0.3) is 27.4 Å². The lowest BCUT2D eigenvalue weighted by Crippen LogP contribution is -2.22. The van der Waals surface area contributed by atoms with Crippen LogP contribution in [0.15, 0.2) is 87.7 Å². The summed E-state index contributed by atoms with van der Waals surface area (Å²) in [5.41, 5.74) is 3.65. The van der Waals surface area contributed by atoms with Gasteiger partial charge in [-0.1, -0.05) is 52.9 Å². The summed E-state index contributed by atoms with van der Waals surface area (Å²) in [4.78, 5) is 36.0. The Morgan fingerprint density at radius 2 is 1.72 bits per heavy atom. The number of thiazole rings is 1. The third kappa shape index (κ3) is 4.62. The van der Waals surface area contributed by atoms with Crippen LogP contribution in [0, 0.1) is 23.6 Å². The minimum Gasteiger partial charge on any atom is -0.272 e. The van der Waals surface area contributed by atoms with Crippen LogP contribution in [0.2, 0.25) is 0 Å². The third-order valence-electron chi connectivity index (χ3n) is 6.18. The minimum atomic E-state index is -0.462. The molecule has 0 aliphatic carbocycles. The van der Waals surface area contributed by atoms with Crippen LogP contribution in [0.3, 0.4) is 0 Å². The van der Waals surface area contributed by atoms with E-state index in [1.165, 1.54) is 37.4 Å². The second kappa shape index (κ2) is 9.99. The van der Waals surface area contributed by atoms with E-state index in [2.05, 4.69) is 4.98 Å². The molecule has 0 atom stereocenters. The van der Waals surface area contributed by atoms with Crippen molar-refractivity contribution in [2.45, 2.75) is 24.8 Å². The fourth-order valence-corrected chi connectivity index (χ4v) is 6.46. The second-order valence-corrected chi connectivity index (χ2v) is 11.6. The van der Waals surface area contributed by atoms with Gasteiger partial charge in [-0.3, -0.25) is 23.1 Å². The first-order valence-corrected chi connectivity index (χ1v) is 14.1. The van der Waals surface area contributed by atoms with Crippen molar-refractivity contribution in [3.63, 3.8) is 0 Å². The monoisotopic (exact) mass is 573 g/mol. The predicted octanol–water partition coefficient (Wildman–Crippen LogP) is 6.02. The average molecular weight is 574 g/mol. The molecule has 6 aromatic rings. The van der Waals surface area contributed by atoms with Gasteiger partial charge in [0, 0.05) is 18.0 Å². The number of rotatable bonds is 5. The molecule has 0 bridgehead atoms. The molecule has 0 amide bonds. The molecule has 0 radical (unpaired) electrons. The van der Waals surface area contributed by atoms with Crippen LogP contribution >= 0.6 is 35.3 Å². The molecule has 6 rings (SSSR count). The molecule has 2 aromatic carbocycles. The first kappa shape index (κ1) is 25.4. The van der Waals surface area contributed by atoms with Gasteiger partial charge in [-0.25, -0.2) is 14.4 Å². The van der Waals surface area contributed by atoms with E-state index in [1.54, 1.807) is 30.5 Å². The van der Waals surface area contributed by atoms with E-state index in [-0.39, 0.29) is 28.2 Å². The zero-order chi connectivity index (χ0) is 27.3. The number of hydrogen-bond acceptors (Lipinski definition) is 7. The first-order chi connectivity index (χ1) is 18.8. The van der Waals surface area contributed by atoms with Gasteiger partial charge in [0.15, 0.2) is 14.8 Å². The number of benzene rings is 2. The summed E-state index contributed by atoms with van der Waals surface area (Å²) in [5, 5.41) is 0.376. The molecule has 0 saturated heterocycles. The Hall–Kier alpha value is -3.93. The standard InChI is InChI=1S/C28H20FN5O2S3/c1-16-6-9-19(10-7-16)33-26(36)24-25(34(28(37)39-24)21-13-17(2)8-11-20(21)29)31-27(33)38-15-18-14-23(35)32-12-4-3-5-22(32)30-18/h3-14H,15H2,1-2H3. The van der Waals surface area contributed by atoms with Crippen LogP contribution in [-0.2, 0) is 5.75 Å². The SMILES string of the molecule is Cc1ccc(-n2c(SCc3cc(=O)n4ccccc4n3)nc3c(sc(=S)n3-c3cc(C)ccc3F)c2=O)cc1. The Morgan fingerprint density at radius 3 is 2.51 bits per heavy atom. The highest BCUT2D eigenvalue weighted by Crippen LogP contribution is 2.30. The molecule has 0 N–H and O–H groups in total. The molecule has 194 valence electrons. The Labute approximate surface area is 234 Å². The molecule has 0 unspecified atom stereocenters. The number of fused-ring (bicyclic) bond motifs is 2. The van der Waals surface area contributed by atoms with Crippen LogP contribution in [0.1, 0.15) is 16.8 Å². The summed E-state index contributed by atoms with van der Waals surface area (Å²) >= 11 is 7.96. The number of pyridine rings is 1.